The fraction of sp³-hybridized carbons (Fsp3) is 0.467. The van der Waals surface area contributed by atoms with E-state index in [4.69, 9.17) is 11.5 Å². The first-order valence-electron chi connectivity index (χ1n) is 6.93. The Bertz CT molecular complexity index is 534. The minimum absolute atomic E-state index is 0. The SMILES string of the molecule is Cc1ccc(C(N)=O)cc1NC(=O)C[C@@H]1CCC[C@H]1N.Cl. The second kappa shape index (κ2) is 7.43. The van der Waals surface area contributed by atoms with E-state index >= 15 is 0 Å². The zero-order chi connectivity index (χ0) is 14.7. The van der Waals surface area contributed by atoms with Gasteiger partial charge in [-0.2, -0.15) is 0 Å². The molecule has 2 rings (SSSR count). The van der Waals surface area contributed by atoms with E-state index in [9.17, 15) is 9.59 Å². The number of hydrogen-bond acceptors (Lipinski definition) is 3. The predicted octanol–water partition coefficient (Wildman–Crippen LogP) is 1.97. The Balaban J connectivity index is 0.00000220. The van der Waals surface area contributed by atoms with Crippen LogP contribution in [-0.4, -0.2) is 17.9 Å². The molecule has 0 aromatic heterocycles. The van der Waals surface area contributed by atoms with Gasteiger partial charge in [0, 0.05) is 23.7 Å². The smallest absolute Gasteiger partial charge is 0.248 e. The zero-order valence-electron chi connectivity index (χ0n) is 12.1. The van der Waals surface area contributed by atoms with Gasteiger partial charge in [-0.05, 0) is 43.4 Å². The first kappa shape index (κ1) is 17.5. The van der Waals surface area contributed by atoms with Crippen LogP contribution in [0.4, 0.5) is 5.69 Å². The lowest BCUT2D eigenvalue weighted by atomic mass is 9.99. The van der Waals surface area contributed by atoms with E-state index in [1.807, 2.05) is 6.92 Å². The molecular formula is C15H22ClN3O2. The number of nitrogens with one attached hydrogen (secondary N) is 1. The highest BCUT2D eigenvalue weighted by Crippen LogP contribution is 2.27. The number of amides is 2. The van der Waals surface area contributed by atoms with Crippen LogP contribution in [0.15, 0.2) is 18.2 Å². The van der Waals surface area contributed by atoms with E-state index in [1.165, 1.54) is 0 Å². The third kappa shape index (κ3) is 4.44. The lowest BCUT2D eigenvalue weighted by Gasteiger charge is -2.15. The van der Waals surface area contributed by atoms with Crippen LogP contribution in [-0.2, 0) is 4.79 Å². The highest BCUT2D eigenvalue weighted by atomic mass is 35.5. The number of benzene rings is 1. The van der Waals surface area contributed by atoms with Gasteiger partial charge in [0.15, 0.2) is 0 Å². The molecule has 1 fully saturated rings. The normalized spacial score (nSPS) is 20.7. The topological polar surface area (TPSA) is 98.2 Å². The molecule has 1 aromatic rings. The van der Waals surface area contributed by atoms with Crippen LogP contribution in [0.5, 0.6) is 0 Å². The van der Waals surface area contributed by atoms with Gasteiger partial charge in [0.05, 0.1) is 0 Å². The minimum atomic E-state index is -0.502. The molecule has 0 bridgehead atoms. The molecule has 1 aromatic carbocycles. The van der Waals surface area contributed by atoms with Crippen molar-refractivity contribution in [2.24, 2.45) is 17.4 Å². The van der Waals surface area contributed by atoms with Crippen molar-refractivity contribution in [2.45, 2.75) is 38.6 Å². The third-order valence-corrected chi connectivity index (χ3v) is 3.96. The van der Waals surface area contributed by atoms with Crippen molar-refractivity contribution >= 4 is 29.9 Å². The maximum absolute atomic E-state index is 12.1. The Morgan fingerprint density at radius 3 is 2.62 bits per heavy atom. The second-order valence-electron chi connectivity index (χ2n) is 5.50. The summed E-state index contributed by atoms with van der Waals surface area (Å²) >= 11 is 0. The summed E-state index contributed by atoms with van der Waals surface area (Å²) in [6.45, 7) is 1.88. The van der Waals surface area contributed by atoms with Crippen LogP contribution in [0.25, 0.3) is 0 Å². The fourth-order valence-corrected chi connectivity index (χ4v) is 2.67. The first-order valence-corrected chi connectivity index (χ1v) is 6.93. The van der Waals surface area contributed by atoms with Crippen LogP contribution < -0.4 is 16.8 Å². The molecule has 2 amide bonds. The molecular weight excluding hydrogens is 290 g/mol. The Hall–Kier alpha value is -1.59. The summed E-state index contributed by atoms with van der Waals surface area (Å²) in [5.74, 6) is -0.301. The van der Waals surface area contributed by atoms with Gasteiger partial charge in [-0.15, -0.1) is 12.4 Å². The maximum atomic E-state index is 12.1. The summed E-state index contributed by atoms with van der Waals surface area (Å²) in [4.78, 5) is 23.2. The lowest BCUT2D eigenvalue weighted by molar-refractivity contribution is -0.117. The largest absolute Gasteiger partial charge is 0.366 e. The lowest BCUT2D eigenvalue weighted by Crippen LogP contribution is -2.28. The Kier molecular flexibility index (Phi) is 6.18. The highest BCUT2D eigenvalue weighted by Gasteiger charge is 2.26. The number of carbonyl (C=O) groups excluding carboxylic acids is 2. The average molecular weight is 312 g/mol. The van der Waals surface area contributed by atoms with Gasteiger partial charge in [-0.25, -0.2) is 0 Å². The molecule has 0 heterocycles. The van der Waals surface area contributed by atoms with Crippen molar-refractivity contribution in [1.82, 2.24) is 0 Å². The molecule has 1 saturated carbocycles. The van der Waals surface area contributed by atoms with Crippen LogP contribution in [0.1, 0.15) is 41.6 Å². The minimum Gasteiger partial charge on any atom is -0.366 e. The summed E-state index contributed by atoms with van der Waals surface area (Å²) in [6, 6.07) is 5.17. The summed E-state index contributed by atoms with van der Waals surface area (Å²) < 4.78 is 0. The van der Waals surface area contributed by atoms with E-state index in [0.29, 0.717) is 17.7 Å². The quantitative estimate of drug-likeness (QED) is 0.792. The summed E-state index contributed by atoms with van der Waals surface area (Å²) in [5, 5.41) is 2.85. The number of halogens is 1. The van der Waals surface area contributed by atoms with E-state index < -0.39 is 5.91 Å². The Morgan fingerprint density at radius 1 is 1.33 bits per heavy atom. The number of nitrogens with two attached hydrogens (primary N) is 2. The fourth-order valence-electron chi connectivity index (χ4n) is 2.67. The molecule has 2 atom stereocenters. The monoisotopic (exact) mass is 311 g/mol. The van der Waals surface area contributed by atoms with E-state index in [0.717, 1.165) is 24.8 Å². The van der Waals surface area contributed by atoms with Crippen LogP contribution in [0.2, 0.25) is 0 Å². The van der Waals surface area contributed by atoms with Crippen molar-refractivity contribution in [3.05, 3.63) is 29.3 Å². The number of anilines is 1. The third-order valence-electron chi connectivity index (χ3n) is 3.96. The molecule has 0 unspecified atom stereocenters. The maximum Gasteiger partial charge on any atom is 0.248 e. The molecule has 0 radical (unpaired) electrons. The van der Waals surface area contributed by atoms with Crippen LogP contribution >= 0.6 is 12.4 Å². The molecule has 5 N–H and O–H groups in total. The molecule has 5 nitrogen and oxygen atoms in total. The molecule has 21 heavy (non-hydrogen) atoms. The molecule has 1 aliphatic carbocycles. The van der Waals surface area contributed by atoms with Crippen molar-refractivity contribution in [1.29, 1.82) is 0 Å². The van der Waals surface area contributed by atoms with Gasteiger partial charge in [0.25, 0.3) is 0 Å². The van der Waals surface area contributed by atoms with Gasteiger partial charge in [-0.1, -0.05) is 12.5 Å². The van der Waals surface area contributed by atoms with Crippen LogP contribution in [0, 0.1) is 12.8 Å². The summed E-state index contributed by atoms with van der Waals surface area (Å²) in [6.07, 6.45) is 3.53. The predicted molar refractivity (Wildman–Crippen MR) is 85.5 cm³/mol. The zero-order valence-corrected chi connectivity index (χ0v) is 12.9. The Morgan fingerprint density at radius 2 is 2.05 bits per heavy atom. The van der Waals surface area contributed by atoms with Gasteiger partial charge in [0.1, 0.15) is 0 Å². The highest BCUT2D eigenvalue weighted by molar-refractivity contribution is 5.97. The molecule has 0 aliphatic heterocycles. The van der Waals surface area contributed by atoms with Gasteiger partial charge in [0.2, 0.25) is 11.8 Å². The molecule has 116 valence electrons. The van der Waals surface area contributed by atoms with Crippen molar-refractivity contribution in [2.75, 3.05) is 5.32 Å². The Labute approximate surface area is 130 Å². The molecule has 0 saturated heterocycles. The summed E-state index contributed by atoms with van der Waals surface area (Å²) in [5.41, 5.74) is 13.1. The second-order valence-corrected chi connectivity index (χ2v) is 5.50. The first-order chi connectivity index (χ1) is 9.47. The van der Waals surface area contributed by atoms with Crippen molar-refractivity contribution < 1.29 is 9.59 Å². The van der Waals surface area contributed by atoms with Gasteiger partial charge >= 0.3 is 0 Å². The summed E-state index contributed by atoms with van der Waals surface area (Å²) in [7, 11) is 0. The molecule has 6 heteroatoms. The van der Waals surface area contributed by atoms with Gasteiger partial charge < -0.3 is 16.8 Å². The number of hydrogen-bond donors (Lipinski definition) is 3. The molecule has 0 spiro atoms. The number of carbonyl (C=O) groups is 2. The average Bonchev–Trinajstić information content (AvgIpc) is 2.77. The number of primary amides is 1. The van der Waals surface area contributed by atoms with Crippen LogP contribution in [0.3, 0.4) is 0 Å². The number of aryl methyl sites for hydroxylation is 1. The molecule has 1 aliphatic rings. The van der Waals surface area contributed by atoms with E-state index in [2.05, 4.69) is 5.32 Å². The standard InChI is InChI=1S/C15H21N3O2.ClH/c1-9-5-6-11(15(17)20)7-13(9)18-14(19)8-10-3-2-4-12(10)16;/h5-7,10,12H,2-4,8,16H2,1H3,(H2,17,20)(H,18,19);1H/t10-,12+;/m0./s1. The van der Waals surface area contributed by atoms with E-state index in [1.54, 1.807) is 18.2 Å². The van der Waals surface area contributed by atoms with Crippen molar-refractivity contribution in [3.8, 4) is 0 Å². The number of rotatable bonds is 4. The van der Waals surface area contributed by atoms with Crippen molar-refractivity contribution in [3.63, 3.8) is 0 Å². The van der Waals surface area contributed by atoms with Gasteiger partial charge in [-0.3, -0.25) is 9.59 Å². The van der Waals surface area contributed by atoms with E-state index in [-0.39, 0.29) is 30.3 Å².